The van der Waals surface area contributed by atoms with Crippen LogP contribution >= 0.6 is 0 Å². The molecule has 1 N–H and O–H groups in total. The molecule has 0 amide bonds. The topological polar surface area (TPSA) is 29.5 Å². The highest BCUT2D eigenvalue weighted by Crippen LogP contribution is 2.31. The lowest BCUT2D eigenvalue weighted by molar-refractivity contribution is 0.279. The van der Waals surface area contributed by atoms with E-state index in [-0.39, 0.29) is 6.61 Å². The smallest absolute Gasteiger partial charge is 0.125 e. The number of aliphatic hydroxyl groups is 1. The van der Waals surface area contributed by atoms with Crippen LogP contribution in [0.15, 0.2) is 12.1 Å². The standard InChI is InChI=1S/C13H18O2/c1-9-5-12(7-14)6-10(2)13(9)15-8-11-3-4-11/h5-6,11,14H,3-4,7-8H2,1-2H3. The lowest BCUT2D eigenvalue weighted by atomic mass is 10.1. The van der Waals surface area contributed by atoms with Gasteiger partial charge in [0.1, 0.15) is 5.75 Å². The third-order valence-corrected chi connectivity index (χ3v) is 2.86. The van der Waals surface area contributed by atoms with Crippen molar-refractivity contribution < 1.29 is 9.84 Å². The van der Waals surface area contributed by atoms with E-state index in [1.807, 2.05) is 26.0 Å². The zero-order valence-corrected chi connectivity index (χ0v) is 9.42. The van der Waals surface area contributed by atoms with Gasteiger partial charge in [-0.1, -0.05) is 12.1 Å². The van der Waals surface area contributed by atoms with Crippen molar-refractivity contribution in [3.63, 3.8) is 0 Å². The van der Waals surface area contributed by atoms with Gasteiger partial charge in [-0.15, -0.1) is 0 Å². The Morgan fingerprint density at radius 1 is 1.27 bits per heavy atom. The molecule has 2 heteroatoms. The van der Waals surface area contributed by atoms with Crippen molar-refractivity contribution >= 4 is 0 Å². The molecule has 0 aromatic heterocycles. The predicted octanol–water partition coefficient (Wildman–Crippen LogP) is 2.58. The second kappa shape index (κ2) is 4.23. The van der Waals surface area contributed by atoms with Crippen molar-refractivity contribution in [1.29, 1.82) is 0 Å². The molecule has 1 saturated carbocycles. The maximum absolute atomic E-state index is 9.06. The fraction of sp³-hybridized carbons (Fsp3) is 0.538. The summed E-state index contributed by atoms with van der Waals surface area (Å²) >= 11 is 0. The Morgan fingerprint density at radius 2 is 1.87 bits per heavy atom. The van der Waals surface area contributed by atoms with Crippen LogP contribution in [0.25, 0.3) is 0 Å². The number of aliphatic hydroxyl groups excluding tert-OH is 1. The van der Waals surface area contributed by atoms with Gasteiger partial charge in [-0.25, -0.2) is 0 Å². The Kier molecular flexibility index (Phi) is 2.96. The molecule has 1 aliphatic carbocycles. The van der Waals surface area contributed by atoms with Crippen molar-refractivity contribution in [1.82, 2.24) is 0 Å². The zero-order chi connectivity index (χ0) is 10.8. The fourth-order valence-electron chi connectivity index (χ4n) is 1.84. The summed E-state index contributed by atoms with van der Waals surface area (Å²) in [6.45, 7) is 5.02. The summed E-state index contributed by atoms with van der Waals surface area (Å²) in [4.78, 5) is 0. The Balaban J connectivity index is 2.13. The van der Waals surface area contributed by atoms with Gasteiger partial charge < -0.3 is 9.84 Å². The van der Waals surface area contributed by atoms with Crippen molar-refractivity contribution in [2.45, 2.75) is 33.3 Å². The molecule has 2 rings (SSSR count). The van der Waals surface area contributed by atoms with Gasteiger partial charge in [-0.05, 0) is 49.3 Å². The van der Waals surface area contributed by atoms with Gasteiger partial charge in [0.25, 0.3) is 0 Å². The third-order valence-electron chi connectivity index (χ3n) is 2.86. The van der Waals surface area contributed by atoms with E-state index < -0.39 is 0 Å². The molecule has 0 atom stereocenters. The van der Waals surface area contributed by atoms with Gasteiger partial charge >= 0.3 is 0 Å². The molecular formula is C13H18O2. The molecule has 0 bridgehead atoms. The molecule has 1 fully saturated rings. The largest absolute Gasteiger partial charge is 0.493 e. The Morgan fingerprint density at radius 3 is 2.33 bits per heavy atom. The maximum Gasteiger partial charge on any atom is 0.125 e. The van der Waals surface area contributed by atoms with Crippen molar-refractivity contribution in [2.75, 3.05) is 6.61 Å². The minimum Gasteiger partial charge on any atom is -0.493 e. The fourth-order valence-corrected chi connectivity index (χ4v) is 1.84. The molecule has 1 aromatic carbocycles. The van der Waals surface area contributed by atoms with Gasteiger partial charge in [-0.3, -0.25) is 0 Å². The molecule has 0 heterocycles. The minimum absolute atomic E-state index is 0.102. The molecule has 0 saturated heterocycles. The summed E-state index contributed by atoms with van der Waals surface area (Å²) in [5.41, 5.74) is 3.21. The van der Waals surface area contributed by atoms with Crippen LogP contribution in [-0.2, 0) is 6.61 Å². The SMILES string of the molecule is Cc1cc(CO)cc(C)c1OCC1CC1. The quantitative estimate of drug-likeness (QED) is 0.820. The molecule has 0 spiro atoms. The minimum atomic E-state index is 0.102. The average molecular weight is 206 g/mol. The number of hydrogen-bond acceptors (Lipinski definition) is 2. The van der Waals surface area contributed by atoms with E-state index in [9.17, 15) is 0 Å². The van der Waals surface area contributed by atoms with E-state index >= 15 is 0 Å². The first-order chi connectivity index (χ1) is 7.20. The van der Waals surface area contributed by atoms with E-state index in [2.05, 4.69) is 0 Å². The van der Waals surface area contributed by atoms with Crippen LogP contribution in [0.5, 0.6) is 5.75 Å². The first-order valence-electron chi connectivity index (χ1n) is 5.54. The average Bonchev–Trinajstić information content (AvgIpc) is 3.00. The maximum atomic E-state index is 9.06. The molecule has 15 heavy (non-hydrogen) atoms. The van der Waals surface area contributed by atoms with E-state index in [1.54, 1.807) is 0 Å². The summed E-state index contributed by atoms with van der Waals surface area (Å²) in [6.07, 6.45) is 2.62. The second-order valence-corrected chi connectivity index (χ2v) is 4.47. The van der Waals surface area contributed by atoms with Crippen molar-refractivity contribution in [3.05, 3.63) is 28.8 Å². The van der Waals surface area contributed by atoms with E-state index in [0.717, 1.165) is 35.0 Å². The summed E-state index contributed by atoms with van der Waals surface area (Å²) in [7, 11) is 0. The van der Waals surface area contributed by atoms with Gasteiger partial charge in [0.15, 0.2) is 0 Å². The Hall–Kier alpha value is -1.02. The Bertz CT molecular complexity index is 331. The summed E-state index contributed by atoms with van der Waals surface area (Å²) in [5, 5.41) is 9.06. The zero-order valence-electron chi connectivity index (χ0n) is 9.42. The monoisotopic (exact) mass is 206 g/mol. The highest BCUT2D eigenvalue weighted by atomic mass is 16.5. The molecule has 1 aliphatic rings. The van der Waals surface area contributed by atoms with Crippen LogP contribution in [0, 0.1) is 19.8 Å². The third kappa shape index (κ3) is 2.51. The number of benzene rings is 1. The summed E-state index contributed by atoms with van der Waals surface area (Å²) < 4.78 is 5.81. The van der Waals surface area contributed by atoms with Crippen LogP contribution in [0.2, 0.25) is 0 Å². The highest BCUT2D eigenvalue weighted by molar-refractivity contribution is 5.43. The van der Waals surface area contributed by atoms with Gasteiger partial charge in [0, 0.05) is 0 Å². The van der Waals surface area contributed by atoms with Crippen molar-refractivity contribution in [3.8, 4) is 5.75 Å². The number of hydrogen-bond donors (Lipinski definition) is 1. The molecule has 2 nitrogen and oxygen atoms in total. The summed E-state index contributed by atoms with van der Waals surface area (Å²) in [6, 6.07) is 3.99. The molecular weight excluding hydrogens is 188 g/mol. The molecule has 1 aromatic rings. The first kappa shape index (κ1) is 10.5. The van der Waals surface area contributed by atoms with E-state index in [1.165, 1.54) is 12.8 Å². The van der Waals surface area contributed by atoms with Crippen LogP contribution in [0.3, 0.4) is 0 Å². The van der Waals surface area contributed by atoms with Gasteiger partial charge in [0.2, 0.25) is 0 Å². The first-order valence-corrected chi connectivity index (χ1v) is 5.54. The molecule has 0 radical (unpaired) electrons. The van der Waals surface area contributed by atoms with E-state index in [4.69, 9.17) is 9.84 Å². The Labute approximate surface area is 90.9 Å². The lowest BCUT2D eigenvalue weighted by Crippen LogP contribution is -2.03. The van der Waals surface area contributed by atoms with Crippen LogP contribution in [0.4, 0.5) is 0 Å². The van der Waals surface area contributed by atoms with E-state index in [0.29, 0.717) is 0 Å². The number of aryl methyl sites for hydroxylation is 2. The summed E-state index contributed by atoms with van der Waals surface area (Å²) in [5.74, 6) is 1.78. The molecule has 0 unspecified atom stereocenters. The highest BCUT2D eigenvalue weighted by Gasteiger charge is 2.22. The normalized spacial score (nSPS) is 15.4. The van der Waals surface area contributed by atoms with Gasteiger partial charge in [-0.2, -0.15) is 0 Å². The molecule has 0 aliphatic heterocycles. The van der Waals surface area contributed by atoms with Crippen molar-refractivity contribution in [2.24, 2.45) is 5.92 Å². The number of ether oxygens (including phenoxy) is 1. The van der Waals surface area contributed by atoms with Crippen LogP contribution < -0.4 is 4.74 Å². The van der Waals surface area contributed by atoms with Gasteiger partial charge in [0.05, 0.1) is 13.2 Å². The second-order valence-electron chi connectivity index (χ2n) is 4.47. The molecule has 82 valence electrons. The van der Waals surface area contributed by atoms with Crippen LogP contribution in [-0.4, -0.2) is 11.7 Å². The predicted molar refractivity (Wildman–Crippen MR) is 60.1 cm³/mol. The number of rotatable bonds is 4. The lowest BCUT2D eigenvalue weighted by Gasteiger charge is -2.13. The van der Waals surface area contributed by atoms with Crippen LogP contribution in [0.1, 0.15) is 29.5 Å².